The van der Waals surface area contributed by atoms with Gasteiger partial charge in [-0.3, -0.25) is 0 Å². The molecule has 0 atom stereocenters. The highest BCUT2D eigenvalue weighted by Gasteiger charge is 2.49. The van der Waals surface area contributed by atoms with E-state index in [1.807, 2.05) is 0 Å². The molecule has 0 radical (unpaired) electrons. The van der Waals surface area contributed by atoms with Gasteiger partial charge < -0.3 is 14.4 Å². The van der Waals surface area contributed by atoms with Gasteiger partial charge in [-0.15, -0.1) is 0 Å². The number of allylic oxidation sites excluding steroid dienone is 4. The predicted molar refractivity (Wildman–Crippen MR) is 421 cm³/mol. The number of hydrogen-bond donors (Lipinski definition) is 0. The number of para-hydroxylation sites is 1. The van der Waals surface area contributed by atoms with Crippen molar-refractivity contribution in [1.82, 2.24) is 4.57 Å². The highest BCUT2D eigenvalue weighted by Crippen LogP contribution is 2.61. The van der Waals surface area contributed by atoms with Gasteiger partial charge in [0, 0.05) is 61.4 Å². The monoisotopic (exact) mass is 1290 g/mol. The van der Waals surface area contributed by atoms with Crippen molar-refractivity contribution in [1.29, 1.82) is 0 Å². The predicted octanol–water partition coefficient (Wildman–Crippen LogP) is 25.2. The minimum atomic E-state index is -0.595. The van der Waals surface area contributed by atoms with Crippen molar-refractivity contribution in [3.05, 3.63) is 418 Å². The first-order valence-corrected chi connectivity index (χ1v) is 35.9. The first kappa shape index (κ1) is 59.1. The fourth-order valence-corrected chi connectivity index (χ4v) is 19.1. The molecule has 0 fully saturated rings. The molecule has 1 heterocycles. The number of anilines is 6. The zero-order valence-corrected chi connectivity index (χ0v) is 57.2. The lowest BCUT2D eigenvalue weighted by molar-refractivity contribution is 0.654. The van der Waals surface area contributed by atoms with Crippen LogP contribution in [0.5, 0.6) is 0 Å². The van der Waals surface area contributed by atoms with E-state index >= 15 is 0 Å². The number of aromatic nitrogens is 1. The van der Waals surface area contributed by atoms with Crippen molar-refractivity contribution in [3.8, 4) is 39.1 Å². The van der Waals surface area contributed by atoms with Gasteiger partial charge in [0.25, 0.3) is 0 Å². The third-order valence-corrected chi connectivity index (χ3v) is 23.5. The van der Waals surface area contributed by atoms with E-state index in [4.69, 9.17) is 0 Å². The van der Waals surface area contributed by atoms with Gasteiger partial charge in [0.2, 0.25) is 0 Å². The molecule has 480 valence electrons. The third-order valence-electron chi connectivity index (χ3n) is 23.5. The van der Waals surface area contributed by atoms with E-state index < -0.39 is 10.8 Å². The van der Waals surface area contributed by atoms with Gasteiger partial charge in [-0.1, -0.05) is 276 Å². The molecule has 15 aromatic rings. The second kappa shape index (κ2) is 22.2. The van der Waals surface area contributed by atoms with Gasteiger partial charge >= 0.3 is 0 Å². The second-order valence-electron chi connectivity index (χ2n) is 29.3. The molecule has 20 rings (SSSR count). The molecule has 0 N–H and O–H groups in total. The molecule has 5 aliphatic carbocycles. The Kier molecular flexibility index (Phi) is 13.0. The summed E-state index contributed by atoms with van der Waals surface area (Å²) < 4.78 is 2.48. The maximum atomic E-state index is 2.56. The lowest BCUT2D eigenvalue weighted by atomic mass is 9.67. The van der Waals surface area contributed by atoms with Crippen molar-refractivity contribution >= 4 is 61.5 Å². The number of hydrogen-bond acceptors (Lipinski definition) is 2. The van der Waals surface area contributed by atoms with Gasteiger partial charge in [0.15, 0.2) is 0 Å². The Morgan fingerprint density at radius 1 is 0.257 bits per heavy atom. The molecule has 5 aliphatic rings. The summed E-state index contributed by atoms with van der Waals surface area (Å²) in [5.41, 5.74) is 34.3. The SMILES string of the molecule is CC1(C)C2=CCCC=C2c2ccc(N(c3ccc4c(c3)C(c3ccccc3)(c3ccccc3)c3ccccc3-4)c3ccc4c(c3)c3cc(N(c5ccc6c(c5)C(C)(C)c5ccccc5-6)c5ccc6c(c5)C(c5ccccc5)(c5ccccc5)c5ccccc5-6)ccc3n4-c3ccccc3)cc21. The fourth-order valence-electron chi connectivity index (χ4n) is 19.1. The van der Waals surface area contributed by atoms with E-state index in [-0.39, 0.29) is 10.8 Å². The molecule has 0 unspecified atom stereocenters. The maximum Gasteiger partial charge on any atom is 0.0714 e. The first-order valence-electron chi connectivity index (χ1n) is 35.9. The van der Waals surface area contributed by atoms with Crippen LogP contribution in [0.4, 0.5) is 34.1 Å². The molecular formula is C98H73N3. The van der Waals surface area contributed by atoms with Crippen molar-refractivity contribution in [2.75, 3.05) is 9.80 Å². The summed E-state index contributed by atoms with van der Waals surface area (Å²) in [6.07, 6.45) is 7.11. The lowest BCUT2D eigenvalue weighted by Gasteiger charge is -2.35. The van der Waals surface area contributed by atoms with Crippen LogP contribution in [0.2, 0.25) is 0 Å². The zero-order valence-electron chi connectivity index (χ0n) is 57.2. The quantitative estimate of drug-likeness (QED) is 0.128. The molecule has 0 spiro atoms. The highest BCUT2D eigenvalue weighted by atomic mass is 15.2. The molecule has 3 nitrogen and oxygen atoms in total. The number of benzene rings is 14. The van der Waals surface area contributed by atoms with E-state index in [1.165, 1.54) is 111 Å². The van der Waals surface area contributed by atoms with E-state index in [1.54, 1.807) is 0 Å². The van der Waals surface area contributed by atoms with Gasteiger partial charge in [-0.05, 0) is 221 Å². The average Bonchev–Trinajstić information content (AvgIpc) is 1.55. The van der Waals surface area contributed by atoms with Crippen LogP contribution in [-0.4, -0.2) is 4.57 Å². The van der Waals surface area contributed by atoms with E-state index in [9.17, 15) is 0 Å². The molecule has 101 heavy (non-hydrogen) atoms. The second-order valence-corrected chi connectivity index (χ2v) is 29.3. The first-order chi connectivity index (χ1) is 49.6. The van der Waals surface area contributed by atoms with Crippen molar-refractivity contribution < 1.29 is 0 Å². The topological polar surface area (TPSA) is 11.4 Å². The normalized spacial score (nSPS) is 15.5. The Bertz CT molecular complexity index is 5870. The van der Waals surface area contributed by atoms with Crippen LogP contribution in [0.3, 0.4) is 0 Å². The molecule has 0 amide bonds. The number of rotatable bonds is 11. The van der Waals surface area contributed by atoms with Crippen LogP contribution in [-0.2, 0) is 21.7 Å². The Morgan fingerprint density at radius 2 is 0.574 bits per heavy atom. The Balaban J connectivity index is 0.839. The average molecular weight is 1290 g/mol. The molecular weight excluding hydrogens is 1220 g/mol. The van der Waals surface area contributed by atoms with Gasteiger partial charge in [-0.25, -0.2) is 0 Å². The summed E-state index contributed by atoms with van der Waals surface area (Å²) >= 11 is 0. The zero-order chi connectivity index (χ0) is 67.3. The van der Waals surface area contributed by atoms with Crippen LogP contribution >= 0.6 is 0 Å². The summed E-state index contributed by atoms with van der Waals surface area (Å²) in [6.45, 7) is 9.65. The summed E-state index contributed by atoms with van der Waals surface area (Å²) in [4.78, 5) is 5.11. The smallest absolute Gasteiger partial charge is 0.0714 e. The van der Waals surface area contributed by atoms with Crippen LogP contribution in [0, 0.1) is 0 Å². The van der Waals surface area contributed by atoms with Crippen LogP contribution in [0.15, 0.2) is 351 Å². The maximum absolute atomic E-state index is 2.56. The molecule has 0 aliphatic heterocycles. The largest absolute Gasteiger partial charge is 0.310 e. The minimum Gasteiger partial charge on any atom is -0.310 e. The van der Waals surface area contributed by atoms with Gasteiger partial charge in [0.05, 0.1) is 21.9 Å². The van der Waals surface area contributed by atoms with Crippen LogP contribution < -0.4 is 9.80 Å². The standard InChI is InChI=1S/C98H73N3/c1-95(2)85-42-24-20-38-75(85)79-52-46-71(60-89(79)95)99(73-48-54-81-77-40-22-26-44-87(77)97(91(81)62-73,64-28-10-5-11-29-64)65-30-12-6-13-31-65)69-50-56-93-83(58-69)84-59-70(51-57-94(84)101(93)68-36-18-9-19-37-68)100(72-47-53-80-76-39-21-25-43-86(76)96(3,4)90(80)61-72)74-49-55-82-78-41-23-27-45-88(78)98(92(82)63-74,66-32-14-7-15-33-66)67-34-16-8-17-35-67/h5-20,22-24,26-63H,21,25H2,1-4H3. The molecule has 1 aromatic heterocycles. The summed E-state index contributed by atoms with van der Waals surface area (Å²) in [5, 5.41) is 2.32. The van der Waals surface area contributed by atoms with Gasteiger partial charge in [-0.2, -0.15) is 0 Å². The number of nitrogens with zero attached hydrogens (tertiary/aromatic N) is 3. The number of fused-ring (bicyclic) bond motifs is 15. The Morgan fingerprint density at radius 3 is 1.02 bits per heavy atom. The van der Waals surface area contributed by atoms with Crippen LogP contribution in [0.1, 0.15) is 107 Å². The van der Waals surface area contributed by atoms with E-state index in [0.717, 1.165) is 74.5 Å². The summed E-state index contributed by atoms with van der Waals surface area (Å²) in [5.74, 6) is 0. The van der Waals surface area contributed by atoms with Crippen molar-refractivity contribution in [2.45, 2.75) is 62.2 Å². The Labute approximate surface area is 591 Å². The fraction of sp³-hybridized carbons (Fsp3) is 0.102. The van der Waals surface area contributed by atoms with E-state index in [0.29, 0.717) is 0 Å². The van der Waals surface area contributed by atoms with E-state index in [2.05, 4.69) is 388 Å². The Hall–Kier alpha value is -12.0. The van der Waals surface area contributed by atoms with Crippen molar-refractivity contribution in [3.63, 3.8) is 0 Å². The van der Waals surface area contributed by atoms with Gasteiger partial charge in [0.1, 0.15) is 0 Å². The molecule has 0 saturated carbocycles. The minimum absolute atomic E-state index is 0.181. The molecule has 14 aromatic carbocycles. The molecule has 3 heteroatoms. The highest BCUT2D eigenvalue weighted by molar-refractivity contribution is 6.12. The van der Waals surface area contributed by atoms with Crippen LogP contribution in [0.25, 0.3) is 66.4 Å². The molecule has 0 bridgehead atoms. The summed E-state index contributed by atoms with van der Waals surface area (Å²) in [7, 11) is 0. The summed E-state index contributed by atoms with van der Waals surface area (Å²) in [6, 6.07) is 127. The third kappa shape index (κ3) is 8.41. The van der Waals surface area contributed by atoms with Crippen molar-refractivity contribution in [2.24, 2.45) is 0 Å². The lowest BCUT2D eigenvalue weighted by Crippen LogP contribution is -2.28. The molecule has 0 saturated heterocycles.